The Balaban J connectivity index is 2.08. The number of thiazole rings is 1. The van der Waals surface area contributed by atoms with Crippen LogP contribution < -0.4 is 10.6 Å². The molecule has 19 heavy (non-hydrogen) atoms. The van der Waals surface area contributed by atoms with E-state index in [4.69, 9.17) is 5.73 Å². The molecule has 2 aromatic carbocycles. The molecule has 0 aliphatic heterocycles. The average Bonchev–Trinajstić information content (AvgIpc) is 2.82. The molecular formula is C15H15N3S. The van der Waals surface area contributed by atoms with Gasteiger partial charge in [-0.25, -0.2) is 4.98 Å². The lowest BCUT2D eigenvalue weighted by molar-refractivity contribution is 1.14. The van der Waals surface area contributed by atoms with Crippen molar-refractivity contribution in [1.29, 1.82) is 0 Å². The van der Waals surface area contributed by atoms with Crippen molar-refractivity contribution in [2.75, 3.05) is 24.7 Å². The molecule has 4 heteroatoms. The first kappa shape index (κ1) is 12.0. The van der Waals surface area contributed by atoms with E-state index in [1.54, 1.807) is 11.3 Å². The highest BCUT2D eigenvalue weighted by molar-refractivity contribution is 7.21. The highest BCUT2D eigenvalue weighted by atomic mass is 32.1. The van der Waals surface area contributed by atoms with Crippen molar-refractivity contribution in [3.8, 4) is 10.6 Å². The van der Waals surface area contributed by atoms with Gasteiger partial charge in [0, 0.05) is 31.0 Å². The second kappa shape index (κ2) is 4.55. The molecule has 1 heterocycles. The number of hydrogen-bond donors (Lipinski definition) is 1. The molecule has 0 atom stereocenters. The van der Waals surface area contributed by atoms with Gasteiger partial charge >= 0.3 is 0 Å². The molecule has 0 unspecified atom stereocenters. The molecule has 96 valence electrons. The molecule has 0 bridgehead atoms. The number of nitrogens with two attached hydrogens (primary N) is 1. The van der Waals surface area contributed by atoms with Gasteiger partial charge in [-0.3, -0.25) is 0 Å². The van der Waals surface area contributed by atoms with Crippen molar-refractivity contribution < 1.29 is 0 Å². The molecule has 0 spiro atoms. The lowest BCUT2D eigenvalue weighted by atomic mass is 10.2. The fourth-order valence-corrected chi connectivity index (χ4v) is 2.94. The molecule has 0 fully saturated rings. The Morgan fingerprint density at radius 1 is 1.05 bits per heavy atom. The summed E-state index contributed by atoms with van der Waals surface area (Å²) >= 11 is 1.71. The topological polar surface area (TPSA) is 42.2 Å². The van der Waals surface area contributed by atoms with Gasteiger partial charge in [0.05, 0.1) is 10.2 Å². The lowest BCUT2D eigenvalue weighted by Gasteiger charge is -2.11. The van der Waals surface area contributed by atoms with E-state index in [1.165, 1.54) is 10.4 Å². The highest BCUT2D eigenvalue weighted by Crippen LogP contribution is 2.32. The smallest absolute Gasteiger partial charge is 0.124 e. The molecule has 2 N–H and O–H groups in total. The first-order valence-corrected chi connectivity index (χ1v) is 6.89. The third kappa shape index (κ3) is 2.27. The maximum Gasteiger partial charge on any atom is 0.124 e. The van der Waals surface area contributed by atoms with Crippen LogP contribution in [-0.4, -0.2) is 19.1 Å². The molecule has 1 aromatic heterocycles. The maximum absolute atomic E-state index is 5.71. The van der Waals surface area contributed by atoms with Crippen LogP contribution >= 0.6 is 11.3 Å². The second-order valence-corrected chi connectivity index (χ2v) is 5.72. The van der Waals surface area contributed by atoms with Crippen molar-refractivity contribution in [2.24, 2.45) is 0 Å². The first-order valence-electron chi connectivity index (χ1n) is 6.07. The number of anilines is 2. The number of nitrogens with zero attached hydrogens (tertiary/aromatic N) is 2. The zero-order valence-electron chi connectivity index (χ0n) is 10.9. The molecule has 3 aromatic rings. The van der Waals surface area contributed by atoms with Gasteiger partial charge in [-0.1, -0.05) is 0 Å². The van der Waals surface area contributed by atoms with E-state index < -0.39 is 0 Å². The Morgan fingerprint density at radius 3 is 2.47 bits per heavy atom. The summed E-state index contributed by atoms with van der Waals surface area (Å²) in [7, 11) is 4.09. The minimum atomic E-state index is 0.778. The Hall–Kier alpha value is -2.07. The van der Waals surface area contributed by atoms with Gasteiger partial charge in [-0.05, 0) is 42.5 Å². The Labute approximate surface area is 116 Å². The van der Waals surface area contributed by atoms with Crippen LogP contribution in [0.1, 0.15) is 0 Å². The largest absolute Gasteiger partial charge is 0.399 e. The van der Waals surface area contributed by atoms with Crippen LogP contribution in [0, 0.1) is 0 Å². The number of nitrogen functional groups attached to an aromatic ring is 1. The predicted molar refractivity (Wildman–Crippen MR) is 83.8 cm³/mol. The quantitative estimate of drug-likeness (QED) is 0.723. The molecule has 0 aliphatic carbocycles. The minimum absolute atomic E-state index is 0.778. The zero-order chi connectivity index (χ0) is 13.4. The summed E-state index contributed by atoms with van der Waals surface area (Å²) in [4.78, 5) is 6.77. The van der Waals surface area contributed by atoms with Crippen LogP contribution in [0.4, 0.5) is 11.4 Å². The van der Waals surface area contributed by atoms with Gasteiger partial charge in [0.15, 0.2) is 0 Å². The van der Waals surface area contributed by atoms with Crippen LogP contribution in [0.25, 0.3) is 20.8 Å². The molecule has 0 aliphatic rings. The van der Waals surface area contributed by atoms with Gasteiger partial charge < -0.3 is 10.6 Å². The third-order valence-corrected chi connectivity index (χ3v) is 4.11. The fraction of sp³-hybridized carbons (Fsp3) is 0.133. The number of fused-ring (bicyclic) bond motifs is 1. The predicted octanol–water partition coefficient (Wildman–Crippen LogP) is 3.61. The normalized spacial score (nSPS) is 10.8. The summed E-state index contributed by atoms with van der Waals surface area (Å²) in [5, 5.41) is 1.03. The Kier molecular flexibility index (Phi) is 2.87. The summed E-state index contributed by atoms with van der Waals surface area (Å²) in [6, 6.07) is 14.2. The number of benzene rings is 2. The molecule has 0 saturated heterocycles. The van der Waals surface area contributed by atoms with E-state index in [9.17, 15) is 0 Å². The van der Waals surface area contributed by atoms with Gasteiger partial charge in [0.1, 0.15) is 5.01 Å². The summed E-state index contributed by atoms with van der Waals surface area (Å²) in [5.74, 6) is 0. The SMILES string of the molecule is CN(C)c1ccc2nc(-c3ccc(N)cc3)sc2c1. The number of hydrogen-bond acceptors (Lipinski definition) is 4. The van der Waals surface area contributed by atoms with Gasteiger partial charge in [-0.15, -0.1) is 11.3 Å². The first-order chi connectivity index (χ1) is 9.13. The van der Waals surface area contributed by atoms with Crippen molar-refractivity contribution in [3.05, 3.63) is 42.5 Å². The van der Waals surface area contributed by atoms with Crippen molar-refractivity contribution in [3.63, 3.8) is 0 Å². The van der Waals surface area contributed by atoms with E-state index >= 15 is 0 Å². The molecule has 3 nitrogen and oxygen atoms in total. The highest BCUT2D eigenvalue weighted by Gasteiger charge is 2.07. The van der Waals surface area contributed by atoms with Crippen LogP contribution in [0.15, 0.2) is 42.5 Å². The molecule has 3 rings (SSSR count). The van der Waals surface area contributed by atoms with Crippen LogP contribution in [0.2, 0.25) is 0 Å². The van der Waals surface area contributed by atoms with Crippen LogP contribution in [-0.2, 0) is 0 Å². The van der Waals surface area contributed by atoms with Crippen molar-refractivity contribution in [1.82, 2.24) is 4.98 Å². The standard InChI is InChI=1S/C15H15N3S/c1-18(2)12-7-8-13-14(9-12)19-15(17-13)10-3-5-11(16)6-4-10/h3-9H,16H2,1-2H3. The van der Waals surface area contributed by atoms with Crippen molar-refractivity contribution >= 4 is 32.9 Å². The maximum atomic E-state index is 5.71. The van der Waals surface area contributed by atoms with E-state index in [0.717, 1.165) is 21.8 Å². The Bertz CT molecular complexity index is 714. The molecule has 0 saturated carbocycles. The fourth-order valence-electron chi connectivity index (χ4n) is 1.94. The van der Waals surface area contributed by atoms with Crippen molar-refractivity contribution in [2.45, 2.75) is 0 Å². The van der Waals surface area contributed by atoms with Gasteiger partial charge in [0.25, 0.3) is 0 Å². The van der Waals surface area contributed by atoms with Gasteiger partial charge in [0.2, 0.25) is 0 Å². The molecular weight excluding hydrogens is 254 g/mol. The molecule has 0 amide bonds. The molecule has 0 radical (unpaired) electrons. The summed E-state index contributed by atoms with van der Waals surface area (Å²) in [6.45, 7) is 0. The number of aromatic nitrogens is 1. The summed E-state index contributed by atoms with van der Waals surface area (Å²) in [6.07, 6.45) is 0. The third-order valence-electron chi connectivity index (χ3n) is 3.05. The van der Waals surface area contributed by atoms with Crippen LogP contribution in [0.5, 0.6) is 0 Å². The summed E-state index contributed by atoms with van der Waals surface area (Å²) < 4.78 is 1.21. The summed E-state index contributed by atoms with van der Waals surface area (Å²) in [5.41, 5.74) is 9.84. The second-order valence-electron chi connectivity index (χ2n) is 4.69. The van der Waals surface area contributed by atoms with Crippen LogP contribution in [0.3, 0.4) is 0 Å². The number of rotatable bonds is 2. The van der Waals surface area contributed by atoms with E-state index in [0.29, 0.717) is 0 Å². The Morgan fingerprint density at radius 2 is 1.79 bits per heavy atom. The average molecular weight is 269 g/mol. The lowest BCUT2D eigenvalue weighted by Crippen LogP contribution is -2.07. The van der Waals surface area contributed by atoms with E-state index in [1.807, 2.05) is 38.4 Å². The minimum Gasteiger partial charge on any atom is -0.399 e. The van der Waals surface area contributed by atoms with Gasteiger partial charge in [-0.2, -0.15) is 0 Å². The monoisotopic (exact) mass is 269 g/mol. The van der Waals surface area contributed by atoms with E-state index in [2.05, 4.69) is 28.1 Å². The van der Waals surface area contributed by atoms with E-state index in [-0.39, 0.29) is 0 Å². The zero-order valence-corrected chi connectivity index (χ0v) is 11.7.